The number of amides is 2. The minimum atomic E-state index is -0.00828. The molecule has 2 heterocycles. The highest BCUT2D eigenvalue weighted by atomic mass is 32.2. The summed E-state index contributed by atoms with van der Waals surface area (Å²) in [5.41, 5.74) is 2.27. The Hall–Kier alpha value is -1.83. The molecule has 0 bridgehead atoms. The van der Waals surface area contributed by atoms with Crippen molar-refractivity contribution in [3.8, 4) is 0 Å². The van der Waals surface area contributed by atoms with Crippen molar-refractivity contribution in [1.82, 2.24) is 20.4 Å². The van der Waals surface area contributed by atoms with Crippen LogP contribution in [0.5, 0.6) is 0 Å². The predicted molar refractivity (Wildman–Crippen MR) is 136 cm³/mol. The molecule has 3 fully saturated rings. The van der Waals surface area contributed by atoms with E-state index in [1.54, 1.807) is 11.8 Å². The van der Waals surface area contributed by atoms with Gasteiger partial charge in [0, 0.05) is 49.9 Å². The number of rotatable bonds is 7. The average Bonchev–Trinajstić information content (AvgIpc) is 2.83. The van der Waals surface area contributed by atoms with Crippen molar-refractivity contribution >= 4 is 29.7 Å². The fourth-order valence-corrected chi connectivity index (χ4v) is 6.32. The van der Waals surface area contributed by atoms with Gasteiger partial charge in [0.15, 0.2) is 0 Å². The molecule has 2 aliphatic heterocycles. The Bertz CT molecular complexity index is 848. The van der Waals surface area contributed by atoms with Crippen molar-refractivity contribution in [2.24, 2.45) is 5.92 Å². The van der Waals surface area contributed by atoms with Crippen LogP contribution in [0.4, 0.5) is 0 Å². The maximum absolute atomic E-state index is 12.8. The molecule has 2 saturated heterocycles. The number of thioether (sulfide) groups is 1. The van der Waals surface area contributed by atoms with Gasteiger partial charge in [-0.15, -0.1) is 11.8 Å². The lowest BCUT2D eigenvalue weighted by Gasteiger charge is -2.39. The molecule has 0 aromatic heterocycles. The molecule has 3 unspecified atom stereocenters. The van der Waals surface area contributed by atoms with Gasteiger partial charge in [-0.1, -0.05) is 36.8 Å². The summed E-state index contributed by atoms with van der Waals surface area (Å²) in [5, 5.41) is 6.69. The highest BCUT2D eigenvalue weighted by molar-refractivity contribution is 8.04. The molecular weight excluding hydrogens is 432 g/mol. The molecule has 1 saturated carbocycles. The number of benzene rings is 1. The van der Waals surface area contributed by atoms with Crippen molar-refractivity contribution in [1.29, 1.82) is 0 Å². The van der Waals surface area contributed by atoms with E-state index in [1.807, 2.05) is 6.08 Å². The molecular formula is C26H38N4O2S. The van der Waals surface area contributed by atoms with Crippen LogP contribution in [-0.4, -0.2) is 78.7 Å². The van der Waals surface area contributed by atoms with Crippen LogP contribution in [0.1, 0.15) is 43.7 Å². The summed E-state index contributed by atoms with van der Waals surface area (Å²) in [6.45, 7) is 11.8. The SMILES string of the molecule is CCN1CCN(CCCNC(=O)C2CCC3S/C(=C/c4ccc(C)cc4)C(=O)NC3C2)CC1. The van der Waals surface area contributed by atoms with Crippen molar-refractivity contribution in [2.75, 3.05) is 45.8 Å². The van der Waals surface area contributed by atoms with E-state index in [4.69, 9.17) is 0 Å². The molecule has 2 N–H and O–H groups in total. The van der Waals surface area contributed by atoms with E-state index >= 15 is 0 Å². The van der Waals surface area contributed by atoms with E-state index < -0.39 is 0 Å². The summed E-state index contributed by atoms with van der Waals surface area (Å²) >= 11 is 1.68. The first-order valence-electron chi connectivity index (χ1n) is 12.5. The number of carbonyl (C=O) groups excluding carboxylic acids is 2. The molecule has 4 rings (SSSR count). The fourth-order valence-electron chi connectivity index (χ4n) is 5.03. The second-order valence-electron chi connectivity index (χ2n) is 9.59. The Morgan fingerprint density at radius 3 is 2.61 bits per heavy atom. The van der Waals surface area contributed by atoms with E-state index in [0.29, 0.717) is 5.25 Å². The van der Waals surface area contributed by atoms with Gasteiger partial charge in [0.05, 0.1) is 4.91 Å². The fraction of sp³-hybridized carbons (Fsp3) is 0.615. The zero-order valence-electron chi connectivity index (χ0n) is 20.0. The van der Waals surface area contributed by atoms with Crippen LogP contribution < -0.4 is 10.6 Å². The number of nitrogens with zero attached hydrogens (tertiary/aromatic N) is 2. The molecule has 0 spiro atoms. The number of fused-ring (bicyclic) bond motifs is 1. The molecule has 3 aliphatic rings. The Morgan fingerprint density at radius 2 is 1.88 bits per heavy atom. The number of hydrogen-bond donors (Lipinski definition) is 2. The van der Waals surface area contributed by atoms with Crippen LogP contribution in [0, 0.1) is 12.8 Å². The average molecular weight is 471 g/mol. The number of carbonyl (C=O) groups is 2. The maximum atomic E-state index is 12.8. The van der Waals surface area contributed by atoms with Gasteiger partial charge in [0.25, 0.3) is 5.91 Å². The molecule has 0 radical (unpaired) electrons. The van der Waals surface area contributed by atoms with Crippen LogP contribution in [0.2, 0.25) is 0 Å². The number of likely N-dealkylation sites (N-methyl/N-ethyl adjacent to an activating group) is 1. The monoisotopic (exact) mass is 470 g/mol. The summed E-state index contributed by atoms with van der Waals surface area (Å²) in [6.07, 6.45) is 5.58. The van der Waals surface area contributed by atoms with Gasteiger partial charge in [0.2, 0.25) is 5.91 Å². The largest absolute Gasteiger partial charge is 0.356 e. The van der Waals surface area contributed by atoms with Gasteiger partial charge in [-0.25, -0.2) is 0 Å². The summed E-state index contributed by atoms with van der Waals surface area (Å²) < 4.78 is 0. The molecule has 1 aliphatic carbocycles. The van der Waals surface area contributed by atoms with Gasteiger partial charge < -0.3 is 20.4 Å². The third-order valence-electron chi connectivity index (χ3n) is 7.21. The van der Waals surface area contributed by atoms with E-state index in [-0.39, 0.29) is 23.8 Å². The first-order valence-corrected chi connectivity index (χ1v) is 13.4. The lowest BCUT2D eigenvalue weighted by atomic mass is 9.84. The van der Waals surface area contributed by atoms with Gasteiger partial charge in [-0.2, -0.15) is 0 Å². The Labute approximate surface area is 202 Å². The van der Waals surface area contributed by atoms with E-state index in [9.17, 15) is 9.59 Å². The third kappa shape index (κ3) is 6.61. The zero-order valence-corrected chi connectivity index (χ0v) is 20.8. The van der Waals surface area contributed by atoms with Crippen LogP contribution in [0.3, 0.4) is 0 Å². The van der Waals surface area contributed by atoms with Crippen molar-refractivity contribution in [2.45, 2.75) is 50.8 Å². The molecule has 1 aromatic carbocycles. The summed E-state index contributed by atoms with van der Waals surface area (Å²) in [6, 6.07) is 8.31. The first kappa shape index (κ1) is 24.3. The second-order valence-corrected chi connectivity index (χ2v) is 10.9. The van der Waals surface area contributed by atoms with Crippen LogP contribution in [0.25, 0.3) is 6.08 Å². The number of aryl methyl sites for hydroxylation is 1. The lowest BCUT2D eigenvalue weighted by Crippen LogP contribution is -2.51. The van der Waals surface area contributed by atoms with Gasteiger partial charge >= 0.3 is 0 Å². The van der Waals surface area contributed by atoms with Gasteiger partial charge in [-0.05, 0) is 57.3 Å². The second kappa shape index (κ2) is 11.5. The van der Waals surface area contributed by atoms with Crippen LogP contribution >= 0.6 is 11.8 Å². The summed E-state index contributed by atoms with van der Waals surface area (Å²) in [4.78, 5) is 31.2. The minimum Gasteiger partial charge on any atom is -0.356 e. The van der Waals surface area contributed by atoms with E-state index in [2.05, 4.69) is 58.5 Å². The van der Waals surface area contributed by atoms with Gasteiger partial charge in [0.1, 0.15) is 0 Å². The van der Waals surface area contributed by atoms with Crippen molar-refractivity contribution in [3.05, 3.63) is 40.3 Å². The highest BCUT2D eigenvalue weighted by Crippen LogP contribution is 2.39. The Balaban J connectivity index is 1.19. The van der Waals surface area contributed by atoms with Gasteiger partial charge in [-0.3, -0.25) is 9.59 Å². The van der Waals surface area contributed by atoms with Crippen LogP contribution in [-0.2, 0) is 9.59 Å². The number of piperazine rings is 1. The molecule has 180 valence electrons. The summed E-state index contributed by atoms with van der Waals surface area (Å²) in [7, 11) is 0. The standard InChI is InChI=1S/C26H38N4O2S/c1-3-29-13-15-30(16-14-29)12-4-11-27-25(31)21-9-10-23-22(18-21)28-26(32)24(33-23)17-20-7-5-19(2)6-8-20/h5-8,17,21-23H,3-4,9-16,18H2,1-2H3,(H,27,31)(H,28,32)/b24-17+. The minimum absolute atomic E-state index is 0.00266. The van der Waals surface area contributed by atoms with E-state index in [0.717, 1.165) is 82.0 Å². The van der Waals surface area contributed by atoms with Crippen molar-refractivity contribution in [3.63, 3.8) is 0 Å². The number of nitrogens with one attached hydrogen (secondary N) is 2. The Kier molecular flexibility index (Phi) is 8.50. The lowest BCUT2D eigenvalue weighted by molar-refractivity contribution is -0.127. The zero-order chi connectivity index (χ0) is 23.2. The topological polar surface area (TPSA) is 64.7 Å². The molecule has 1 aromatic rings. The molecule has 2 amide bonds. The number of hydrogen-bond acceptors (Lipinski definition) is 5. The normalized spacial score (nSPS) is 27.8. The van der Waals surface area contributed by atoms with E-state index in [1.165, 1.54) is 5.56 Å². The van der Waals surface area contributed by atoms with Crippen LogP contribution in [0.15, 0.2) is 29.2 Å². The highest BCUT2D eigenvalue weighted by Gasteiger charge is 2.39. The van der Waals surface area contributed by atoms with Crippen molar-refractivity contribution < 1.29 is 9.59 Å². The first-order chi connectivity index (χ1) is 16.0. The molecule has 3 atom stereocenters. The molecule has 33 heavy (non-hydrogen) atoms. The third-order valence-corrected chi connectivity index (χ3v) is 8.64. The molecule has 7 heteroatoms. The maximum Gasteiger partial charge on any atom is 0.257 e. The predicted octanol–water partition coefficient (Wildman–Crippen LogP) is 2.88. The summed E-state index contributed by atoms with van der Waals surface area (Å²) in [5.74, 6) is 0.151. The molecule has 6 nitrogen and oxygen atoms in total. The smallest absolute Gasteiger partial charge is 0.257 e. The quantitative estimate of drug-likeness (QED) is 0.474. The Morgan fingerprint density at radius 1 is 1.15 bits per heavy atom.